The number of hydrogen-bond donors (Lipinski definition) is 0. The van der Waals surface area contributed by atoms with Gasteiger partial charge in [-0.3, -0.25) is 9.69 Å². The minimum Gasteiger partial charge on any atom is -0.294 e. The molecule has 0 N–H and O–H groups in total. The highest BCUT2D eigenvalue weighted by molar-refractivity contribution is 7.16. The second kappa shape index (κ2) is 6.92. The number of carbonyl (C=O) groups is 1. The Kier molecular flexibility index (Phi) is 5.47. The van der Waals surface area contributed by atoms with Gasteiger partial charge in [-0.2, -0.15) is 0 Å². The molecule has 0 amide bonds. The van der Waals surface area contributed by atoms with E-state index in [2.05, 4.69) is 0 Å². The van der Waals surface area contributed by atoms with E-state index in [0.29, 0.717) is 22.2 Å². The molecule has 1 aromatic carbocycles. The fourth-order valence-electron chi connectivity index (χ4n) is 1.80. The van der Waals surface area contributed by atoms with Gasteiger partial charge in [0.05, 0.1) is 15.9 Å². The van der Waals surface area contributed by atoms with E-state index in [-0.39, 0.29) is 12.3 Å². The molecule has 0 saturated carbocycles. The molecule has 0 aliphatic heterocycles. The third-order valence-electron chi connectivity index (χ3n) is 2.70. The molecule has 0 spiro atoms. The minimum absolute atomic E-state index is 0.0531. The normalized spacial score (nSPS) is 11.1. The molecule has 2 rings (SSSR count). The van der Waals surface area contributed by atoms with Gasteiger partial charge in [0, 0.05) is 22.0 Å². The van der Waals surface area contributed by atoms with Crippen molar-refractivity contribution in [3.63, 3.8) is 0 Å². The predicted octanol–water partition coefficient (Wildman–Crippen LogP) is 5.02. The average molecular weight is 349 g/mol. The lowest BCUT2D eigenvalue weighted by Gasteiger charge is -2.15. The van der Waals surface area contributed by atoms with Crippen LogP contribution >= 0.6 is 46.1 Å². The quantitative estimate of drug-likeness (QED) is 0.707. The first-order valence-electron chi connectivity index (χ1n) is 5.86. The summed E-state index contributed by atoms with van der Waals surface area (Å²) in [4.78, 5) is 15.2. The van der Waals surface area contributed by atoms with Crippen molar-refractivity contribution in [2.24, 2.45) is 0 Å². The summed E-state index contributed by atoms with van der Waals surface area (Å²) < 4.78 is 0.748. The summed E-state index contributed by atoms with van der Waals surface area (Å²) in [5.74, 6) is -0.0531. The van der Waals surface area contributed by atoms with Gasteiger partial charge in [-0.15, -0.1) is 11.3 Å². The van der Waals surface area contributed by atoms with Crippen LogP contribution in [0.2, 0.25) is 14.4 Å². The van der Waals surface area contributed by atoms with Crippen molar-refractivity contribution in [2.75, 3.05) is 13.6 Å². The van der Waals surface area contributed by atoms with E-state index in [9.17, 15) is 4.79 Å². The molecular weight excluding hydrogens is 337 g/mol. The van der Waals surface area contributed by atoms with Crippen LogP contribution in [0, 0.1) is 0 Å². The Morgan fingerprint density at radius 3 is 2.60 bits per heavy atom. The maximum absolute atomic E-state index is 12.2. The van der Waals surface area contributed by atoms with Crippen molar-refractivity contribution in [1.82, 2.24) is 4.90 Å². The van der Waals surface area contributed by atoms with E-state index in [1.807, 2.05) is 24.1 Å². The van der Waals surface area contributed by atoms with Crippen molar-refractivity contribution in [3.8, 4) is 0 Å². The SMILES string of the molecule is CN(CC(=O)c1cc(Cl)ccc1Cl)Cc1ccc(Cl)s1. The topological polar surface area (TPSA) is 20.3 Å². The number of nitrogens with zero attached hydrogens (tertiary/aromatic N) is 1. The van der Waals surface area contributed by atoms with Crippen LogP contribution < -0.4 is 0 Å². The summed E-state index contributed by atoms with van der Waals surface area (Å²) in [5, 5.41) is 0.928. The number of hydrogen-bond acceptors (Lipinski definition) is 3. The lowest BCUT2D eigenvalue weighted by Crippen LogP contribution is -2.25. The van der Waals surface area contributed by atoms with Crippen LogP contribution in [0.5, 0.6) is 0 Å². The number of ketones is 1. The molecule has 2 aromatic rings. The van der Waals surface area contributed by atoms with Crippen molar-refractivity contribution in [1.29, 1.82) is 0 Å². The number of Topliss-reactive ketones (excluding diaryl/α,β-unsaturated/α-hetero) is 1. The van der Waals surface area contributed by atoms with Crippen LogP contribution in [0.1, 0.15) is 15.2 Å². The molecule has 0 bridgehead atoms. The molecule has 1 aromatic heterocycles. The summed E-state index contributed by atoms with van der Waals surface area (Å²) >= 11 is 19.3. The van der Waals surface area contributed by atoms with Crippen molar-refractivity contribution in [3.05, 3.63) is 55.2 Å². The Labute approximate surface area is 136 Å². The fraction of sp³-hybridized carbons (Fsp3) is 0.214. The van der Waals surface area contributed by atoms with E-state index in [1.54, 1.807) is 18.2 Å². The minimum atomic E-state index is -0.0531. The molecule has 6 heteroatoms. The number of thiophene rings is 1. The van der Waals surface area contributed by atoms with Crippen LogP contribution in [0.4, 0.5) is 0 Å². The third-order valence-corrected chi connectivity index (χ3v) is 4.48. The Balaban J connectivity index is 2.02. The van der Waals surface area contributed by atoms with Gasteiger partial charge >= 0.3 is 0 Å². The van der Waals surface area contributed by atoms with Crippen LogP contribution in [0.25, 0.3) is 0 Å². The van der Waals surface area contributed by atoms with Crippen LogP contribution in [-0.4, -0.2) is 24.3 Å². The summed E-state index contributed by atoms with van der Waals surface area (Å²) in [7, 11) is 1.88. The first kappa shape index (κ1) is 15.8. The monoisotopic (exact) mass is 347 g/mol. The van der Waals surface area contributed by atoms with Crippen molar-refractivity contribution < 1.29 is 4.79 Å². The van der Waals surface area contributed by atoms with E-state index in [4.69, 9.17) is 34.8 Å². The Bertz CT molecular complexity index is 627. The summed E-state index contributed by atoms with van der Waals surface area (Å²) in [6.45, 7) is 0.941. The van der Waals surface area contributed by atoms with E-state index >= 15 is 0 Å². The molecule has 0 aliphatic carbocycles. The average Bonchev–Trinajstić information content (AvgIpc) is 2.77. The first-order valence-corrected chi connectivity index (χ1v) is 7.82. The third kappa shape index (κ3) is 4.21. The van der Waals surface area contributed by atoms with E-state index < -0.39 is 0 Å². The van der Waals surface area contributed by atoms with E-state index in [1.165, 1.54) is 11.3 Å². The largest absolute Gasteiger partial charge is 0.294 e. The summed E-state index contributed by atoms with van der Waals surface area (Å²) in [6.07, 6.45) is 0. The Morgan fingerprint density at radius 2 is 1.95 bits per heavy atom. The van der Waals surface area contributed by atoms with Gasteiger partial charge in [0.1, 0.15) is 0 Å². The molecule has 0 atom stereocenters. The molecule has 106 valence electrons. The van der Waals surface area contributed by atoms with Crippen LogP contribution in [-0.2, 0) is 6.54 Å². The highest BCUT2D eigenvalue weighted by atomic mass is 35.5. The number of carbonyl (C=O) groups excluding carboxylic acids is 1. The maximum atomic E-state index is 12.2. The van der Waals surface area contributed by atoms with Crippen LogP contribution in [0.15, 0.2) is 30.3 Å². The summed E-state index contributed by atoms with van der Waals surface area (Å²) in [6, 6.07) is 8.71. The van der Waals surface area contributed by atoms with Crippen LogP contribution in [0.3, 0.4) is 0 Å². The van der Waals surface area contributed by atoms with Crippen molar-refractivity contribution >= 4 is 51.9 Å². The van der Waals surface area contributed by atoms with Crippen molar-refractivity contribution in [2.45, 2.75) is 6.54 Å². The molecule has 0 aliphatic rings. The predicted molar refractivity (Wildman–Crippen MR) is 86.5 cm³/mol. The highest BCUT2D eigenvalue weighted by Crippen LogP contribution is 2.23. The van der Waals surface area contributed by atoms with Gasteiger partial charge < -0.3 is 0 Å². The lowest BCUT2D eigenvalue weighted by atomic mass is 10.1. The smallest absolute Gasteiger partial charge is 0.178 e. The van der Waals surface area contributed by atoms with Gasteiger partial charge in [0.2, 0.25) is 0 Å². The second-order valence-electron chi connectivity index (χ2n) is 4.43. The summed E-state index contributed by atoms with van der Waals surface area (Å²) in [5.41, 5.74) is 0.454. The van der Waals surface area contributed by atoms with E-state index in [0.717, 1.165) is 9.21 Å². The molecule has 20 heavy (non-hydrogen) atoms. The zero-order valence-corrected chi connectivity index (χ0v) is 13.8. The number of rotatable bonds is 5. The molecule has 0 radical (unpaired) electrons. The zero-order chi connectivity index (χ0) is 14.7. The van der Waals surface area contributed by atoms with Gasteiger partial charge in [-0.05, 0) is 37.4 Å². The Hall–Kier alpha value is -0.580. The van der Waals surface area contributed by atoms with Gasteiger partial charge in [-0.25, -0.2) is 0 Å². The molecule has 2 nitrogen and oxygen atoms in total. The Morgan fingerprint density at radius 1 is 1.20 bits per heavy atom. The number of halogens is 3. The second-order valence-corrected chi connectivity index (χ2v) is 7.07. The first-order chi connectivity index (χ1) is 9.45. The molecular formula is C14H12Cl3NOS. The maximum Gasteiger partial charge on any atom is 0.178 e. The van der Waals surface area contributed by atoms with Gasteiger partial charge in [0.15, 0.2) is 5.78 Å². The lowest BCUT2D eigenvalue weighted by molar-refractivity contribution is 0.0943. The van der Waals surface area contributed by atoms with Gasteiger partial charge in [0.25, 0.3) is 0 Å². The fourth-order valence-corrected chi connectivity index (χ4v) is 3.36. The zero-order valence-electron chi connectivity index (χ0n) is 10.7. The molecule has 1 heterocycles. The molecule has 0 fully saturated rings. The highest BCUT2D eigenvalue weighted by Gasteiger charge is 2.14. The number of likely N-dealkylation sites (N-methyl/N-ethyl adjacent to an activating group) is 1. The molecule has 0 saturated heterocycles. The standard InChI is InChI=1S/C14H12Cl3NOS/c1-18(7-10-3-5-14(17)20-10)8-13(19)11-6-9(15)2-4-12(11)16/h2-6H,7-8H2,1H3. The molecule has 0 unspecified atom stereocenters. The van der Waals surface area contributed by atoms with Gasteiger partial charge in [-0.1, -0.05) is 34.8 Å². The number of benzene rings is 1.